The zero-order chi connectivity index (χ0) is 31.1. The van der Waals surface area contributed by atoms with Gasteiger partial charge in [-0.1, -0.05) is 84.4 Å². The van der Waals surface area contributed by atoms with Gasteiger partial charge in [0.05, 0.1) is 25.3 Å². The van der Waals surface area contributed by atoms with Crippen LogP contribution in [-0.4, -0.2) is 73.9 Å². The molecule has 0 saturated carbocycles. The third-order valence-electron chi connectivity index (χ3n) is 8.57. The lowest BCUT2D eigenvalue weighted by Gasteiger charge is -2.39. The van der Waals surface area contributed by atoms with E-state index in [9.17, 15) is 9.59 Å². The van der Waals surface area contributed by atoms with E-state index in [2.05, 4.69) is 75.5 Å². The Morgan fingerprint density at radius 2 is 1.55 bits per heavy atom. The van der Waals surface area contributed by atoms with Gasteiger partial charge in [-0.3, -0.25) is 14.7 Å². The molecule has 0 aromatic heterocycles. The van der Waals surface area contributed by atoms with Gasteiger partial charge in [-0.25, -0.2) is 4.79 Å². The van der Waals surface area contributed by atoms with Crippen LogP contribution in [0.1, 0.15) is 48.9 Å². The van der Waals surface area contributed by atoms with Crippen molar-refractivity contribution in [3.8, 4) is 0 Å². The average molecular weight is 614 g/mol. The largest absolute Gasteiger partial charge is 0.468 e. The standard InChI is InChI=1S/C36H40ClN3O4/c1-25-31(35(41)43-3)33(29-16-10-17-30(37)24-29)32(26(2)38-25)36(42)44-23-11-18-39-19-21-40(22-20-39)34(27-12-6-4-7-13-27)28-14-8-5-9-15-28/h4-10,12-17,24,31,33-34H,11,18-23H2,1-3H3. The third-order valence-corrected chi connectivity index (χ3v) is 8.80. The van der Waals surface area contributed by atoms with Crippen LogP contribution in [0.2, 0.25) is 5.02 Å². The summed E-state index contributed by atoms with van der Waals surface area (Å²) in [6.45, 7) is 8.47. The number of carbonyl (C=O) groups excluding carboxylic acids is 2. The maximum absolute atomic E-state index is 13.5. The molecule has 3 aromatic rings. The van der Waals surface area contributed by atoms with Crippen molar-refractivity contribution in [3.05, 3.63) is 118 Å². The third kappa shape index (κ3) is 7.29. The maximum Gasteiger partial charge on any atom is 0.336 e. The van der Waals surface area contributed by atoms with Gasteiger partial charge in [0.25, 0.3) is 0 Å². The first-order valence-electron chi connectivity index (χ1n) is 15.2. The molecule has 3 aromatic carbocycles. The Bertz CT molecular complexity index is 1460. The number of carbonyl (C=O) groups is 2. The second-order valence-corrected chi connectivity index (χ2v) is 11.8. The van der Waals surface area contributed by atoms with Crippen LogP contribution in [-0.2, 0) is 19.1 Å². The van der Waals surface area contributed by atoms with E-state index < -0.39 is 23.8 Å². The molecule has 1 fully saturated rings. The molecule has 0 aliphatic carbocycles. The number of benzene rings is 3. The topological polar surface area (TPSA) is 71.4 Å². The Balaban J connectivity index is 1.19. The Morgan fingerprint density at radius 3 is 2.14 bits per heavy atom. The summed E-state index contributed by atoms with van der Waals surface area (Å²) in [7, 11) is 1.34. The minimum atomic E-state index is -0.739. The zero-order valence-electron chi connectivity index (χ0n) is 25.6. The van der Waals surface area contributed by atoms with Crippen molar-refractivity contribution in [3.63, 3.8) is 0 Å². The second kappa shape index (κ2) is 14.8. The van der Waals surface area contributed by atoms with E-state index in [4.69, 9.17) is 21.1 Å². The smallest absolute Gasteiger partial charge is 0.336 e. The summed E-state index contributed by atoms with van der Waals surface area (Å²) in [6, 6.07) is 28.8. The molecular formula is C36H40ClN3O4. The molecule has 2 aliphatic heterocycles. The number of methoxy groups -OCH3 is 1. The fourth-order valence-electron chi connectivity index (χ4n) is 6.46. The van der Waals surface area contributed by atoms with Crippen LogP contribution >= 0.6 is 11.6 Å². The predicted octanol–water partition coefficient (Wildman–Crippen LogP) is 6.30. The highest BCUT2D eigenvalue weighted by Gasteiger charge is 2.42. The molecule has 7 nitrogen and oxygen atoms in total. The predicted molar refractivity (Wildman–Crippen MR) is 174 cm³/mol. The van der Waals surface area contributed by atoms with E-state index >= 15 is 0 Å². The van der Waals surface area contributed by atoms with E-state index in [0.29, 0.717) is 28.4 Å². The van der Waals surface area contributed by atoms with Crippen LogP contribution in [0.3, 0.4) is 0 Å². The van der Waals surface area contributed by atoms with E-state index in [1.165, 1.54) is 18.2 Å². The summed E-state index contributed by atoms with van der Waals surface area (Å²) in [6.07, 6.45) is 0.712. The first kappa shape index (κ1) is 31.6. The number of hydrogen-bond donors (Lipinski definition) is 0. The molecule has 0 amide bonds. The molecule has 0 radical (unpaired) electrons. The fraction of sp³-hybridized carbons (Fsp3) is 0.361. The maximum atomic E-state index is 13.5. The Labute approximate surface area is 265 Å². The van der Waals surface area contributed by atoms with Crippen molar-refractivity contribution in [2.75, 3.05) is 46.4 Å². The van der Waals surface area contributed by atoms with Gasteiger partial charge in [0.15, 0.2) is 0 Å². The molecule has 0 N–H and O–H groups in total. The molecular weight excluding hydrogens is 574 g/mol. The van der Waals surface area contributed by atoms with Crippen LogP contribution in [0.5, 0.6) is 0 Å². The summed E-state index contributed by atoms with van der Waals surface area (Å²) in [5.74, 6) is -2.25. The lowest BCUT2D eigenvalue weighted by Crippen LogP contribution is -2.48. The summed E-state index contributed by atoms with van der Waals surface area (Å²) < 4.78 is 10.9. The van der Waals surface area contributed by atoms with E-state index in [0.717, 1.165) is 38.3 Å². The average Bonchev–Trinajstić information content (AvgIpc) is 3.04. The van der Waals surface area contributed by atoms with Crippen LogP contribution < -0.4 is 0 Å². The van der Waals surface area contributed by atoms with Gasteiger partial charge in [0.2, 0.25) is 0 Å². The number of ether oxygens (including phenoxy) is 2. The molecule has 1 saturated heterocycles. The van der Waals surface area contributed by atoms with Gasteiger partial charge >= 0.3 is 11.9 Å². The number of aliphatic imine (C=N–C) groups is 1. The van der Waals surface area contributed by atoms with Crippen LogP contribution in [0.15, 0.2) is 101 Å². The Kier molecular flexibility index (Phi) is 10.6. The molecule has 5 rings (SSSR count). The molecule has 2 aliphatic rings. The minimum absolute atomic E-state index is 0.222. The highest BCUT2D eigenvalue weighted by atomic mass is 35.5. The first-order chi connectivity index (χ1) is 21.4. The number of allylic oxidation sites excluding steroid dienone is 1. The van der Waals surface area contributed by atoms with E-state index in [1.54, 1.807) is 26.0 Å². The molecule has 2 atom stereocenters. The minimum Gasteiger partial charge on any atom is -0.468 e. The van der Waals surface area contributed by atoms with Crippen LogP contribution in [0.25, 0.3) is 0 Å². The summed E-state index contributed by atoms with van der Waals surface area (Å²) in [5, 5.41) is 0.524. The number of rotatable bonds is 10. The fourth-order valence-corrected chi connectivity index (χ4v) is 6.65. The van der Waals surface area contributed by atoms with Crippen molar-refractivity contribution >= 4 is 29.3 Å². The number of esters is 2. The summed E-state index contributed by atoms with van der Waals surface area (Å²) in [4.78, 5) is 35.9. The molecule has 0 bridgehead atoms. The Morgan fingerprint density at radius 1 is 0.909 bits per heavy atom. The number of halogens is 1. The lowest BCUT2D eigenvalue weighted by atomic mass is 9.75. The summed E-state index contributed by atoms with van der Waals surface area (Å²) in [5.41, 5.74) is 4.86. The lowest BCUT2D eigenvalue weighted by molar-refractivity contribution is -0.144. The molecule has 8 heteroatoms. The van der Waals surface area contributed by atoms with Gasteiger partial charge in [0.1, 0.15) is 5.92 Å². The highest BCUT2D eigenvalue weighted by Crippen LogP contribution is 2.40. The highest BCUT2D eigenvalue weighted by molar-refractivity contribution is 6.30. The molecule has 0 spiro atoms. The second-order valence-electron chi connectivity index (χ2n) is 11.4. The van der Waals surface area contributed by atoms with Crippen molar-refractivity contribution < 1.29 is 19.1 Å². The van der Waals surface area contributed by atoms with Crippen molar-refractivity contribution in [1.82, 2.24) is 9.80 Å². The van der Waals surface area contributed by atoms with Crippen molar-refractivity contribution in [2.45, 2.75) is 32.2 Å². The van der Waals surface area contributed by atoms with Gasteiger partial charge < -0.3 is 14.4 Å². The van der Waals surface area contributed by atoms with Gasteiger partial charge in [0, 0.05) is 55.1 Å². The quantitative estimate of drug-likeness (QED) is 0.197. The van der Waals surface area contributed by atoms with Crippen LogP contribution in [0, 0.1) is 5.92 Å². The molecule has 2 unspecified atom stereocenters. The Hall–Kier alpha value is -3.78. The van der Waals surface area contributed by atoms with Gasteiger partial charge in [-0.05, 0) is 49.1 Å². The number of nitrogens with zero attached hydrogens (tertiary/aromatic N) is 3. The van der Waals surface area contributed by atoms with Crippen molar-refractivity contribution in [2.24, 2.45) is 10.9 Å². The summed E-state index contributed by atoms with van der Waals surface area (Å²) >= 11 is 6.30. The monoisotopic (exact) mass is 613 g/mol. The SMILES string of the molecule is COC(=O)C1C(C)=NC(C)=C(C(=O)OCCCN2CCN(C(c3ccccc3)c3ccccc3)CC2)C1c1cccc(Cl)c1. The van der Waals surface area contributed by atoms with Gasteiger partial charge in [-0.2, -0.15) is 0 Å². The molecule has 44 heavy (non-hydrogen) atoms. The number of piperazine rings is 1. The van der Waals surface area contributed by atoms with Crippen LogP contribution in [0.4, 0.5) is 0 Å². The molecule has 230 valence electrons. The zero-order valence-corrected chi connectivity index (χ0v) is 26.4. The van der Waals surface area contributed by atoms with Crippen molar-refractivity contribution in [1.29, 1.82) is 0 Å². The normalized spacial score (nSPS) is 19.5. The first-order valence-corrected chi connectivity index (χ1v) is 15.6. The molecule has 2 heterocycles. The van der Waals surface area contributed by atoms with E-state index in [1.807, 2.05) is 12.1 Å². The van der Waals surface area contributed by atoms with E-state index in [-0.39, 0.29) is 12.6 Å². The van der Waals surface area contributed by atoms with Gasteiger partial charge in [-0.15, -0.1) is 0 Å². The number of hydrogen-bond acceptors (Lipinski definition) is 7.